The number of carbonyl (C=O) groups is 3. The predicted octanol–water partition coefficient (Wildman–Crippen LogP) is 0.299. The van der Waals surface area contributed by atoms with Crippen molar-refractivity contribution in [1.29, 1.82) is 0 Å². The Hall–Kier alpha value is -3.19. The Bertz CT molecular complexity index is 1150. The van der Waals surface area contributed by atoms with Gasteiger partial charge in [0.05, 0.1) is 11.2 Å². The Balaban J connectivity index is 2.16. The molecular weight excluding hydrogens is 468 g/mol. The number of aliphatic carboxylic acids is 2. The van der Waals surface area contributed by atoms with E-state index in [2.05, 4.69) is 0 Å². The van der Waals surface area contributed by atoms with Gasteiger partial charge in [-0.3, -0.25) is 4.79 Å². The molecule has 0 saturated carbocycles. The largest absolute Gasteiger partial charge is 0.496 e. The molecule has 5 atom stereocenters. The summed E-state index contributed by atoms with van der Waals surface area (Å²) < 4.78 is 44.1. The molecule has 0 aliphatic carbocycles. The maximum absolute atomic E-state index is 12.7. The number of carbonyl (C=O) groups excluding carboxylic acids is 1. The molecule has 1 aromatic carbocycles. The van der Waals surface area contributed by atoms with E-state index in [1.54, 1.807) is 13.0 Å². The highest BCUT2D eigenvalue weighted by atomic mass is 16.7. The molecule has 2 aliphatic rings. The lowest BCUT2D eigenvalue weighted by Crippen LogP contribution is -2.61. The van der Waals surface area contributed by atoms with E-state index < -0.39 is 55.7 Å². The zero-order chi connectivity index (χ0) is 28.5. The molecule has 0 radical (unpaired) electrons. The second-order valence-corrected chi connectivity index (χ2v) is 8.29. The van der Waals surface area contributed by atoms with Crippen molar-refractivity contribution in [1.82, 2.24) is 0 Å². The van der Waals surface area contributed by atoms with Gasteiger partial charge in [0, 0.05) is 17.5 Å². The third kappa shape index (κ3) is 5.25. The van der Waals surface area contributed by atoms with Gasteiger partial charge in [-0.05, 0) is 32.3 Å². The van der Waals surface area contributed by atoms with Gasteiger partial charge in [0.25, 0.3) is 0 Å². The summed E-state index contributed by atoms with van der Waals surface area (Å²) in [7, 11) is -2.94. The van der Waals surface area contributed by atoms with E-state index >= 15 is 0 Å². The van der Waals surface area contributed by atoms with Crippen LogP contribution >= 0.6 is 0 Å². The summed E-state index contributed by atoms with van der Waals surface area (Å²) in [4.78, 5) is 35.1. The number of hydrogen-bond acceptors (Lipinski definition) is 10. The number of allylic oxidation sites excluding steroid dienone is 2. The number of esters is 1. The van der Waals surface area contributed by atoms with Crippen molar-refractivity contribution in [3.63, 3.8) is 0 Å². The zero-order valence-corrected chi connectivity index (χ0v) is 18.9. The molecule has 5 N–H and O–H groups in total. The van der Waals surface area contributed by atoms with E-state index in [-0.39, 0.29) is 59.6 Å². The van der Waals surface area contributed by atoms with Gasteiger partial charge in [-0.1, -0.05) is 11.6 Å². The Labute approximate surface area is 204 Å². The maximum Gasteiger partial charge on any atom is 0.342 e. The minimum absolute atomic E-state index is 0.00538. The Morgan fingerprint density at radius 1 is 1.14 bits per heavy atom. The van der Waals surface area contributed by atoms with Gasteiger partial charge in [0.2, 0.25) is 6.29 Å². The number of fused-ring (bicyclic) bond motifs is 1. The molecule has 0 amide bonds. The monoisotopic (exact) mass is 499 g/mol. The van der Waals surface area contributed by atoms with Gasteiger partial charge < -0.3 is 44.5 Å². The van der Waals surface area contributed by atoms with E-state index in [1.807, 2.05) is 0 Å². The molecule has 0 spiro atoms. The van der Waals surface area contributed by atoms with Crippen LogP contribution in [0.3, 0.4) is 0 Å². The average Bonchev–Trinajstić information content (AvgIpc) is 3.20. The fourth-order valence-electron chi connectivity index (χ4n) is 3.95. The fourth-order valence-corrected chi connectivity index (χ4v) is 3.95. The second-order valence-electron chi connectivity index (χ2n) is 8.29. The highest BCUT2D eigenvalue weighted by Crippen LogP contribution is 2.44. The van der Waals surface area contributed by atoms with Gasteiger partial charge in [0.1, 0.15) is 42.0 Å². The molecule has 1 saturated heterocycles. The number of rotatable bonds is 9. The molecule has 12 heteroatoms. The lowest BCUT2D eigenvalue weighted by molar-refractivity contribution is -0.271. The molecule has 12 nitrogen and oxygen atoms in total. The lowest BCUT2D eigenvalue weighted by atomic mass is 9.94. The van der Waals surface area contributed by atoms with Crippen LogP contribution in [0.4, 0.5) is 0 Å². The van der Waals surface area contributed by atoms with Crippen molar-refractivity contribution in [3.05, 3.63) is 33.9 Å². The summed E-state index contributed by atoms with van der Waals surface area (Å²) >= 11 is 0. The second kappa shape index (κ2) is 10.6. The summed E-state index contributed by atoms with van der Waals surface area (Å²) in [5.74, 6) is -4.07. The van der Waals surface area contributed by atoms with Crippen molar-refractivity contribution in [2.75, 3.05) is 7.04 Å². The third-order valence-electron chi connectivity index (χ3n) is 5.96. The fraction of sp³-hybridized carbons (Fsp3) is 0.522. The maximum atomic E-state index is 12.7. The first kappa shape index (κ1) is 22.3. The number of carboxylic acids is 2. The van der Waals surface area contributed by atoms with E-state index in [0.717, 1.165) is 0 Å². The smallest absolute Gasteiger partial charge is 0.342 e. The molecule has 0 bridgehead atoms. The molecule has 1 aromatic rings. The summed E-state index contributed by atoms with van der Waals surface area (Å²) in [5.41, 5.74) is 0.937. The van der Waals surface area contributed by atoms with Crippen molar-refractivity contribution in [2.24, 2.45) is 0 Å². The number of cyclic esters (lactones) is 1. The number of benzene rings is 1. The highest BCUT2D eigenvalue weighted by molar-refractivity contribution is 5.98. The quantitative estimate of drug-likeness (QED) is 0.231. The number of hydrogen-bond donors (Lipinski definition) is 5. The number of aliphatic hydroxyl groups is 3. The highest BCUT2D eigenvalue weighted by Gasteiger charge is 2.49. The molecule has 1 fully saturated rings. The van der Waals surface area contributed by atoms with Crippen LogP contribution in [0.25, 0.3) is 0 Å². The van der Waals surface area contributed by atoms with Gasteiger partial charge in [0.15, 0.2) is 6.10 Å². The first-order valence-corrected chi connectivity index (χ1v) is 10.6. The third-order valence-corrected chi connectivity index (χ3v) is 5.96. The summed E-state index contributed by atoms with van der Waals surface area (Å²) in [6.07, 6.45) is -8.44. The van der Waals surface area contributed by atoms with Gasteiger partial charge in [-0.25, -0.2) is 9.59 Å². The minimum atomic E-state index is -2.94. The van der Waals surface area contributed by atoms with Crippen LogP contribution in [0, 0.1) is 6.92 Å². The number of methoxy groups -OCH3 is 1. The van der Waals surface area contributed by atoms with E-state index in [0.29, 0.717) is 5.57 Å². The molecule has 192 valence electrons. The molecule has 2 heterocycles. The van der Waals surface area contributed by atoms with Crippen molar-refractivity contribution < 1.29 is 63.0 Å². The molecule has 3 rings (SSSR count). The number of carboxylic acid groups (broad SMARTS) is 2. The standard InChI is InChI=1S/C23H28O12/c1-9(5-7-13(24)25)4-6-11-18(32-3)10(2)12-8-33-22(31)14(12)19(11)34-23-17(28)15(26)16(27)20(35-23)21(29)30/h4,15-17,20,23,26-28H,5-8H2,1-3H3,(H,24,25)(H,29,30)/b9-4+/i3D3. The topological polar surface area (TPSA) is 189 Å². The van der Waals surface area contributed by atoms with Crippen molar-refractivity contribution >= 4 is 17.9 Å². The van der Waals surface area contributed by atoms with Gasteiger partial charge in [-0.15, -0.1) is 0 Å². The van der Waals surface area contributed by atoms with Crippen LogP contribution in [0.5, 0.6) is 11.5 Å². The van der Waals surface area contributed by atoms with Crippen LogP contribution < -0.4 is 9.47 Å². The molecule has 0 aromatic heterocycles. The van der Waals surface area contributed by atoms with Gasteiger partial charge >= 0.3 is 17.9 Å². The summed E-state index contributed by atoms with van der Waals surface area (Å²) in [6.45, 7) is 2.89. The Morgan fingerprint density at radius 3 is 2.49 bits per heavy atom. The molecule has 35 heavy (non-hydrogen) atoms. The Morgan fingerprint density at radius 2 is 1.86 bits per heavy atom. The van der Waals surface area contributed by atoms with Crippen molar-refractivity contribution in [3.8, 4) is 11.5 Å². The molecule has 5 unspecified atom stereocenters. The average molecular weight is 499 g/mol. The number of aliphatic hydroxyl groups excluding tert-OH is 3. The Kier molecular flexibility index (Phi) is 6.75. The SMILES string of the molecule is [2H]C([2H])([2H])Oc1c(C)c2c(c(OC3OC(C(=O)O)C(O)C(O)C3O)c1C/C=C(\C)CCC(=O)O)C(=O)OC2. The normalized spacial score (nSPS) is 27.8. The molecular formula is C23H28O12. The summed E-state index contributed by atoms with van der Waals surface area (Å²) in [5, 5.41) is 48.9. The first-order chi connectivity index (χ1) is 17.6. The summed E-state index contributed by atoms with van der Waals surface area (Å²) in [6, 6.07) is 0. The van der Waals surface area contributed by atoms with Crippen molar-refractivity contribution in [2.45, 2.75) is 70.4 Å². The van der Waals surface area contributed by atoms with Gasteiger partial charge in [-0.2, -0.15) is 0 Å². The number of ether oxygens (including phenoxy) is 4. The van der Waals surface area contributed by atoms with Crippen LogP contribution in [0.1, 0.15) is 50.9 Å². The van der Waals surface area contributed by atoms with Crippen LogP contribution in [-0.4, -0.2) is 81.2 Å². The van der Waals surface area contributed by atoms with E-state index in [1.165, 1.54) is 6.92 Å². The predicted molar refractivity (Wildman–Crippen MR) is 116 cm³/mol. The van der Waals surface area contributed by atoms with Crippen LogP contribution in [0.2, 0.25) is 0 Å². The van der Waals surface area contributed by atoms with E-state index in [4.69, 9.17) is 28.2 Å². The van der Waals surface area contributed by atoms with E-state index in [9.17, 15) is 34.8 Å². The zero-order valence-electron chi connectivity index (χ0n) is 21.9. The van der Waals surface area contributed by atoms with Crippen LogP contribution in [-0.2, 0) is 32.1 Å². The first-order valence-electron chi connectivity index (χ1n) is 12.1. The minimum Gasteiger partial charge on any atom is -0.496 e. The molecule has 2 aliphatic heterocycles. The van der Waals surface area contributed by atoms with Crippen LogP contribution in [0.15, 0.2) is 11.6 Å². The lowest BCUT2D eigenvalue weighted by Gasteiger charge is -2.39.